The molecular formula is C13H26N2O2. The average Bonchev–Trinajstić information content (AvgIpc) is 2.46. The van der Waals surface area contributed by atoms with Gasteiger partial charge in [-0.3, -0.25) is 4.79 Å². The number of carbonyl (C=O) groups is 1. The standard InChI is InChI=1S/C13H26N2O2/c1-3-4-6-11(14)12(16)15-9-5-7-13(2,17)8-10-15/h11,17H,3-10,14H2,1-2H3/t11-,13?/m0/s1. The first kappa shape index (κ1) is 14.5. The molecule has 1 aliphatic heterocycles. The summed E-state index contributed by atoms with van der Waals surface area (Å²) in [6.07, 6.45) is 5.11. The fourth-order valence-corrected chi connectivity index (χ4v) is 2.27. The normalized spacial score (nSPS) is 27.6. The lowest BCUT2D eigenvalue weighted by Gasteiger charge is -2.25. The molecule has 0 saturated carbocycles. The highest BCUT2D eigenvalue weighted by Gasteiger charge is 2.28. The van der Waals surface area contributed by atoms with Crippen LogP contribution in [0.4, 0.5) is 0 Å². The van der Waals surface area contributed by atoms with Gasteiger partial charge in [0.2, 0.25) is 5.91 Å². The van der Waals surface area contributed by atoms with Crippen LogP contribution in [0.3, 0.4) is 0 Å². The molecule has 2 atom stereocenters. The van der Waals surface area contributed by atoms with Crippen molar-refractivity contribution in [2.45, 2.75) is 64.0 Å². The number of unbranched alkanes of at least 4 members (excludes halogenated alkanes) is 1. The highest BCUT2D eigenvalue weighted by atomic mass is 16.3. The summed E-state index contributed by atoms with van der Waals surface area (Å²) >= 11 is 0. The summed E-state index contributed by atoms with van der Waals surface area (Å²) in [7, 11) is 0. The largest absolute Gasteiger partial charge is 0.390 e. The highest BCUT2D eigenvalue weighted by molar-refractivity contribution is 5.81. The summed E-state index contributed by atoms with van der Waals surface area (Å²) in [5, 5.41) is 9.96. The molecule has 1 unspecified atom stereocenters. The molecule has 0 radical (unpaired) electrons. The Morgan fingerprint density at radius 3 is 2.82 bits per heavy atom. The van der Waals surface area contributed by atoms with Gasteiger partial charge >= 0.3 is 0 Å². The smallest absolute Gasteiger partial charge is 0.239 e. The van der Waals surface area contributed by atoms with Crippen LogP contribution < -0.4 is 5.73 Å². The Morgan fingerprint density at radius 1 is 1.47 bits per heavy atom. The molecule has 4 nitrogen and oxygen atoms in total. The molecule has 1 rings (SSSR count). The van der Waals surface area contributed by atoms with Gasteiger partial charge in [-0.05, 0) is 32.6 Å². The Kier molecular flexibility index (Phi) is 5.40. The van der Waals surface area contributed by atoms with E-state index < -0.39 is 5.60 Å². The Labute approximate surface area is 104 Å². The van der Waals surface area contributed by atoms with Gasteiger partial charge < -0.3 is 15.7 Å². The number of carbonyl (C=O) groups excluding carboxylic acids is 1. The van der Waals surface area contributed by atoms with Crippen LogP contribution in [0.15, 0.2) is 0 Å². The molecule has 1 amide bonds. The van der Waals surface area contributed by atoms with E-state index in [4.69, 9.17) is 5.73 Å². The van der Waals surface area contributed by atoms with E-state index in [0.29, 0.717) is 13.0 Å². The van der Waals surface area contributed by atoms with E-state index in [1.54, 1.807) is 0 Å². The molecule has 1 heterocycles. The lowest BCUT2D eigenvalue weighted by Crippen LogP contribution is -2.44. The molecule has 1 saturated heterocycles. The molecule has 4 heteroatoms. The van der Waals surface area contributed by atoms with E-state index in [0.717, 1.165) is 38.6 Å². The molecule has 1 fully saturated rings. The molecule has 0 aromatic carbocycles. The van der Waals surface area contributed by atoms with Crippen LogP contribution in [0.1, 0.15) is 52.4 Å². The molecular weight excluding hydrogens is 216 g/mol. The van der Waals surface area contributed by atoms with Gasteiger partial charge in [0, 0.05) is 13.1 Å². The lowest BCUT2D eigenvalue weighted by atomic mass is 9.98. The van der Waals surface area contributed by atoms with Gasteiger partial charge in [0.1, 0.15) is 0 Å². The maximum atomic E-state index is 12.1. The molecule has 0 aliphatic carbocycles. The summed E-state index contributed by atoms with van der Waals surface area (Å²) in [6, 6.07) is -0.363. The number of likely N-dealkylation sites (tertiary alicyclic amines) is 1. The Morgan fingerprint density at radius 2 is 2.18 bits per heavy atom. The van der Waals surface area contributed by atoms with Gasteiger partial charge in [-0.25, -0.2) is 0 Å². The minimum Gasteiger partial charge on any atom is -0.390 e. The lowest BCUT2D eigenvalue weighted by molar-refractivity contribution is -0.132. The number of nitrogens with two attached hydrogens (primary N) is 1. The topological polar surface area (TPSA) is 66.6 Å². The zero-order chi connectivity index (χ0) is 12.9. The van der Waals surface area contributed by atoms with Crippen molar-refractivity contribution in [2.24, 2.45) is 5.73 Å². The second kappa shape index (κ2) is 6.36. The maximum Gasteiger partial charge on any atom is 0.239 e. The highest BCUT2D eigenvalue weighted by Crippen LogP contribution is 2.21. The van der Waals surface area contributed by atoms with Crippen LogP contribution in [0.25, 0.3) is 0 Å². The van der Waals surface area contributed by atoms with Crippen molar-refractivity contribution in [3.8, 4) is 0 Å². The molecule has 0 bridgehead atoms. The van der Waals surface area contributed by atoms with Crippen molar-refractivity contribution in [3.63, 3.8) is 0 Å². The first-order valence-electron chi connectivity index (χ1n) is 6.73. The average molecular weight is 242 g/mol. The molecule has 3 N–H and O–H groups in total. The van der Waals surface area contributed by atoms with Gasteiger partial charge in [0.15, 0.2) is 0 Å². The van der Waals surface area contributed by atoms with Crippen molar-refractivity contribution in [3.05, 3.63) is 0 Å². The van der Waals surface area contributed by atoms with E-state index >= 15 is 0 Å². The van der Waals surface area contributed by atoms with Crippen LogP contribution in [-0.2, 0) is 4.79 Å². The molecule has 0 aromatic heterocycles. The summed E-state index contributed by atoms with van der Waals surface area (Å²) in [4.78, 5) is 13.9. The SMILES string of the molecule is CCCC[C@H](N)C(=O)N1CCCC(C)(O)CC1. The van der Waals surface area contributed by atoms with Gasteiger partial charge in [-0.2, -0.15) is 0 Å². The van der Waals surface area contributed by atoms with Gasteiger partial charge in [0.05, 0.1) is 11.6 Å². The van der Waals surface area contributed by atoms with Gasteiger partial charge in [0.25, 0.3) is 0 Å². The third kappa shape index (κ3) is 4.64. The number of aliphatic hydroxyl groups is 1. The maximum absolute atomic E-state index is 12.1. The Hall–Kier alpha value is -0.610. The minimum atomic E-state index is -0.622. The molecule has 17 heavy (non-hydrogen) atoms. The Bertz CT molecular complexity index is 254. The van der Waals surface area contributed by atoms with Crippen molar-refractivity contribution in [2.75, 3.05) is 13.1 Å². The molecule has 100 valence electrons. The first-order valence-corrected chi connectivity index (χ1v) is 6.73. The predicted octanol–water partition coefficient (Wildman–Crippen LogP) is 1.27. The molecule has 0 aromatic rings. The van der Waals surface area contributed by atoms with E-state index in [2.05, 4.69) is 6.92 Å². The predicted molar refractivity (Wildman–Crippen MR) is 68.6 cm³/mol. The zero-order valence-corrected chi connectivity index (χ0v) is 11.1. The van der Waals surface area contributed by atoms with E-state index in [9.17, 15) is 9.90 Å². The van der Waals surface area contributed by atoms with Crippen LogP contribution in [0, 0.1) is 0 Å². The van der Waals surface area contributed by atoms with E-state index in [1.165, 1.54) is 0 Å². The van der Waals surface area contributed by atoms with Crippen molar-refractivity contribution in [1.29, 1.82) is 0 Å². The minimum absolute atomic E-state index is 0.0520. The molecule has 0 spiro atoms. The second-order valence-electron chi connectivity index (χ2n) is 5.42. The summed E-state index contributed by atoms with van der Waals surface area (Å²) in [6.45, 7) is 5.30. The summed E-state index contributed by atoms with van der Waals surface area (Å²) in [5.74, 6) is 0.0520. The summed E-state index contributed by atoms with van der Waals surface area (Å²) in [5.41, 5.74) is 5.28. The third-order valence-corrected chi connectivity index (χ3v) is 3.56. The fraction of sp³-hybridized carbons (Fsp3) is 0.923. The van der Waals surface area contributed by atoms with Crippen LogP contribution in [0.2, 0.25) is 0 Å². The van der Waals surface area contributed by atoms with E-state index in [1.807, 2.05) is 11.8 Å². The third-order valence-electron chi connectivity index (χ3n) is 3.56. The van der Waals surface area contributed by atoms with Crippen molar-refractivity contribution >= 4 is 5.91 Å². The first-order chi connectivity index (χ1) is 7.96. The van der Waals surface area contributed by atoms with Gasteiger partial charge in [-0.15, -0.1) is 0 Å². The number of hydrogen-bond donors (Lipinski definition) is 2. The fourth-order valence-electron chi connectivity index (χ4n) is 2.27. The quantitative estimate of drug-likeness (QED) is 0.780. The number of nitrogens with zero attached hydrogens (tertiary/aromatic N) is 1. The monoisotopic (exact) mass is 242 g/mol. The zero-order valence-electron chi connectivity index (χ0n) is 11.1. The van der Waals surface area contributed by atoms with E-state index in [-0.39, 0.29) is 11.9 Å². The van der Waals surface area contributed by atoms with Crippen molar-refractivity contribution in [1.82, 2.24) is 4.90 Å². The second-order valence-corrected chi connectivity index (χ2v) is 5.42. The number of rotatable bonds is 4. The van der Waals surface area contributed by atoms with Crippen LogP contribution >= 0.6 is 0 Å². The number of amides is 1. The Balaban J connectivity index is 2.46. The van der Waals surface area contributed by atoms with Crippen LogP contribution in [0.5, 0.6) is 0 Å². The summed E-state index contributed by atoms with van der Waals surface area (Å²) < 4.78 is 0. The number of hydrogen-bond acceptors (Lipinski definition) is 3. The van der Waals surface area contributed by atoms with Crippen LogP contribution in [-0.4, -0.2) is 40.6 Å². The van der Waals surface area contributed by atoms with Gasteiger partial charge in [-0.1, -0.05) is 19.8 Å². The van der Waals surface area contributed by atoms with Crippen molar-refractivity contribution < 1.29 is 9.90 Å². The molecule has 1 aliphatic rings.